The second-order valence-corrected chi connectivity index (χ2v) is 8.34. The van der Waals surface area contributed by atoms with Crippen LogP contribution in [0.5, 0.6) is 0 Å². The number of hydrogen-bond donors (Lipinski definition) is 2. The molecule has 0 spiro atoms. The minimum atomic E-state index is 0.284. The first-order valence-electron chi connectivity index (χ1n) is 10.3. The average Bonchev–Trinajstić information content (AvgIpc) is 3.32. The normalized spacial score (nSPS) is 28.8. The van der Waals surface area contributed by atoms with Crippen LogP contribution in [0.3, 0.4) is 0 Å². The number of carbonyl (C=O) groups is 2. The number of carbonyl (C=O) groups excluding carboxylic acids is 2. The zero-order valence-electron chi connectivity index (χ0n) is 15.0. The summed E-state index contributed by atoms with van der Waals surface area (Å²) in [4.78, 5) is 24.2. The zero-order chi connectivity index (χ0) is 16.8. The summed E-state index contributed by atoms with van der Waals surface area (Å²) in [5.41, 5.74) is 0. The molecule has 0 atom stereocenters. The standard InChI is InChI=1S/C20H34N2O2/c23-19(17-5-1-2-6-17)21-13-15-9-11-16(12-10-15)14-22-20(24)18-7-3-4-8-18/h15-18H,1-14H2,(H,21,23)(H,22,24). The maximum absolute atomic E-state index is 12.1. The first-order chi connectivity index (χ1) is 11.7. The van der Waals surface area contributed by atoms with E-state index in [2.05, 4.69) is 10.6 Å². The van der Waals surface area contributed by atoms with Crippen LogP contribution in [0.15, 0.2) is 0 Å². The Morgan fingerprint density at radius 1 is 0.583 bits per heavy atom. The molecule has 0 aliphatic heterocycles. The van der Waals surface area contributed by atoms with Crippen LogP contribution in [0.1, 0.15) is 77.0 Å². The van der Waals surface area contributed by atoms with Crippen molar-refractivity contribution in [1.29, 1.82) is 0 Å². The summed E-state index contributed by atoms with van der Waals surface area (Å²) in [6.07, 6.45) is 14.0. The highest BCUT2D eigenvalue weighted by Crippen LogP contribution is 2.29. The van der Waals surface area contributed by atoms with Gasteiger partial charge in [0, 0.05) is 24.9 Å². The molecule has 3 rings (SSSR count). The van der Waals surface area contributed by atoms with E-state index in [1.807, 2.05) is 0 Å². The fraction of sp³-hybridized carbons (Fsp3) is 0.900. The van der Waals surface area contributed by atoms with Gasteiger partial charge in [-0.1, -0.05) is 25.7 Å². The largest absolute Gasteiger partial charge is 0.356 e. The van der Waals surface area contributed by atoms with Crippen molar-refractivity contribution in [1.82, 2.24) is 10.6 Å². The van der Waals surface area contributed by atoms with E-state index in [0.29, 0.717) is 23.7 Å². The predicted octanol–water partition coefficient (Wildman–Crippen LogP) is 3.41. The highest BCUT2D eigenvalue weighted by atomic mass is 16.2. The third-order valence-corrected chi connectivity index (χ3v) is 6.55. The summed E-state index contributed by atoms with van der Waals surface area (Å²) >= 11 is 0. The van der Waals surface area contributed by atoms with Crippen LogP contribution in [0.2, 0.25) is 0 Å². The summed E-state index contributed by atoms with van der Waals surface area (Å²) in [5.74, 6) is 2.42. The molecule has 0 radical (unpaired) electrons. The van der Waals surface area contributed by atoms with E-state index in [4.69, 9.17) is 0 Å². The molecule has 3 aliphatic rings. The first-order valence-corrected chi connectivity index (χ1v) is 10.3. The van der Waals surface area contributed by atoms with Gasteiger partial charge < -0.3 is 10.6 Å². The van der Waals surface area contributed by atoms with Crippen LogP contribution in [0.4, 0.5) is 0 Å². The van der Waals surface area contributed by atoms with Crippen LogP contribution < -0.4 is 10.6 Å². The summed E-state index contributed by atoms with van der Waals surface area (Å²) in [7, 11) is 0. The summed E-state index contributed by atoms with van der Waals surface area (Å²) in [6.45, 7) is 1.72. The van der Waals surface area contributed by atoms with E-state index in [-0.39, 0.29) is 11.8 Å². The lowest BCUT2D eigenvalue weighted by Crippen LogP contribution is -2.37. The smallest absolute Gasteiger partial charge is 0.223 e. The predicted molar refractivity (Wildman–Crippen MR) is 95.4 cm³/mol. The Kier molecular flexibility index (Phi) is 6.56. The number of rotatable bonds is 6. The Morgan fingerprint density at radius 3 is 1.25 bits per heavy atom. The topological polar surface area (TPSA) is 58.2 Å². The molecule has 0 saturated heterocycles. The van der Waals surface area contributed by atoms with Crippen molar-refractivity contribution >= 4 is 11.8 Å². The summed E-state index contributed by atoms with van der Waals surface area (Å²) in [5, 5.41) is 6.38. The fourth-order valence-corrected chi connectivity index (χ4v) is 4.79. The molecule has 4 heteroatoms. The number of hydrogen-bond acceptors (Lipinski definition) is 2. The molecule has 3 aliphatic carbocycles. The lowest BCUT2D eigenvalue weighted by molar-refractivity contribution is -0.126. The quantitative estimate of drug-likeness (QED) is 0.782. The van der Waals surface area contributed by atoms with Gasteiger partial charge in [0.15, 0.2) is 0 Å². The Bertz CT molecular complexity index is 377. The minimum Gasteiger partial charge on any atom is -0.356 e. The first kappa shape index (κ1) is 17.8. The van der Waals surface area contributed by atoms with Gasteiger partial charge in [-0.25, -0.2) is 0 Å². The van der Waals surface area contributed by atoms with Crippen LogP contribution in [0, 0.1) is 23.7 Å². The summed E-state index contributed by atoms with van der Waals surface area (Å²) < 4.78 is 0. The van der Waals surface area contributed by atoms with Crippen molar-refractivity contribution in [2.45, 2.75) is 77.0 Å². The Morgan fingerprint density at radius 2 is 0.917 bits per heavy atom. The highest BCUT2D eigenvalue weighted by Gasteiger charge is 2.27. The van der Waals surface area contributed by atoms with Crippen molar-refractivity contribution in [2.24, 2.45) is 23.7 Å². The van der Waals surface area contributed by atoms with Crippen LogP contribution in [-0.4, -0.2) is 24.9 Å². The van der Waals surface area contributed by atoms with Crippen LogP contribution in [-0.2, 0) is 9.59 Å². The second-order valence-electron chi connectivity index (χ2n) is 8.34. The molecule has 0 bridgehead atoms. The second kappa shape index (κ2) is 8.87. The molecule has 0 unspecified atom stereocenters. The lowest BCUT2D eigenvalue weighted by Gasteiger charge is -2.29. The molecule has 2 amide bonds. The van der Waals surface area contributed by atoms with Gasteiger partial charge in [-0.2, -0.15) is 0 Å². The van der Waals surface area contributed by atoms with E-state index < -0.39 is 0 Å². The van der Waals surface area contributed by atoms with Gasteiger partial charge in [0.25, 0.3) is 0 Å². The van der Waals surface area contributed by atoms with Gasteiger partial charge >= 0.3 is 0 Å². The molecular weight excluding hydrogens is 300 g/mol. The fourth-order valence-electron chi connectivity index (χ4n) is 4.79. The molecule has 3 fully saturated rings. The molecule has 24 heavy (non-hydrogen) atoms. The van der Waals surface area contributed by atoms with E-state index in [0.717, 1.165) is 38.8 Å². The molecule has 3 saturated carbocycles. The Hall–Kier alpha value is -1.06. The van der Waals surface area contributed by atoms with Crippen molar-refractivity contribution in [2.75, 3.05) is 13.1 Å². The van der Waals surface area contributed by atoms with Crippen LogP contribution >= 0.6 is 0 Å². The van der Waals surface area contributed by atoms with E-state index in [1.54, 1.807) is 0 Å². The number of amides is 2. The van der Waals surface area contributed by atoms with Gasteiger partial charge in [0.2, 0.25) is 11.8 Å². The monoisotopic (exact) mass is 334 g/mol. The van der Waals surface area contributed by atoms with Crippen molar-refractivity contribution in [3.8, 4) is 0 Å². The average molecular weight is 335 g/mol. The molecule has 136 valence electrons. The highest BCUT2D eigenvalue weighted by molar-refractivity contribution is 5.79. The molecule has 0 heterocycles. The lowest BCUT2D eigenvalue weighted by atomic mass is 9.82. The molecule has 0 aromatic heterocycles. The zero-order valence-corrected chi connectivity index (χ0v) is 15.0. The molecule has 0 aromatic carbocycles. The maximum Gasteiger partial charge on any atom is 0.223 e. The van der Waals surface area contributed by atoms with Gasteiger partial charge in [-0.05, 0) is 63.2 Å². The SMILES string of the molecule is O=C(NCC1CCC(CNC(=O)C2CCCC2)CC1)C1CCCC1. The maximum atomic E-state index is 12.1. The molecule has 2 N–H and O–H groups in total. The number of nitrogens with one attached hydrogen (secondary N) is 2. The Balaban J connectivity index is 1.28. The van der Waals surface area contributed by atoms with Gasteiger partial charge in [0.1, 0.15) is 0 Å². The third-order valence-electron chi connectivity index (χ3n) is 6.55. The third kappa shape index (κ3) is 4.97. The van der Waals surface area contributed by atoms with Gasteiger partial charge in [-0.3, -0.25) is 9.59 Å². The van der Waals surface area contributed by atoms with Crippen molar-refractivity contribution in [3.63, 3.8) is 0 Å². The van der Waals surface area contributed by atoms with Crippen LogP contribution in [0.25, 0.3) is 0 Å². The van der Waals surface area contributed by atoms with E-state index in [9.17, 15) is 9.59 Å². The van der Waals surface area contributed by atoms with E-state index in [1.165, 1.54) is 51.4 Å². The van der Waals surface area contributed by atoms with E-state index >= 15 is 0 Å². The molecular formula is C20H34N2O2. The molecule has 0 aromatic rings. The molecule has 4 nitrogen and oxygen atoms in total. The Labute approximate surface area is 146 Å². The van der Waals surface area contributed by atoms with Gasteiger partial charge in [-0.15, -0.1) is 0 Å². The van der Waals surface area contributed by atoms with Crippen molar-refractivity contribution in [3.05, 3.63) is 0 Å². The minimum absolute atomic E-state index is 0.284. The van der Waals surface area contributed by atoms with Crippen molar-refractivity contribution < 1.29 is 9.59 Å². The van der Waals surface area contributed by atoms with Gasteiger partial charge in [0.05, 0.1) is 0 Å². The summed E-state index contributed by atoms with van der Waals surface area (Å²) in [6, 6.07) is 0.